The number of nitrogens with one attached hydrogen (secondary N) is 3. The molecule has 178 valence electrons. The molecule has 0 aromatic heterocycles. The van der Waals surface area contributed by atoms with Crippen LogP contribution in [0.2, 0.25) is 0 Å². The first-order valence-corrected chi connectivity index (χ1v) is 11.9. The third-order valence-corrected chi connectivity index (χ3v) is 5.93. The number of carbonyl (C=O) groups is 2. The first-order chi connectivity index (χ1) is 16.2. The second-order valence-electron chi connectivity index (χ2n) is 7.92. The fraction of sp³-hybridized carbons (Fsp3) is 0.240. The molecule has 9 heteroatoms. The predicted molar refractivity (Wildman–Crippen MR) is 140 cm³/mol. The summed E-state index contributed by atoms with van der Waals surface area (Å²) in [6.45, 7) is 5.63. The van der Waals surface area contributed by atoms with Gasteiger partial charge in [-0.25, -0.2) is 0 Å². The first-order valence-electron chi connectivity index (χ1n) is 10.7. The second kappa shape index (κ2) is 11.8. The highest BCUT2D eigenvalue weighted by Crippen LogP contribution is 2.33. The van der Waals surface area contributed by atoms with Crippen molar-refractivity contribution in [1.82, 2.24) is 16.2 Å². The van der Waals surface area contributed by atoms with E-state index in [4.69, 9.17) is 21.7 Å². The Balaban J connectivity index is 1.43. The monoisotopic (exact) mass is 543 g/mol. The van der Waals surface area contributed by atoms with Crippen LogP contribution < -0.4 is 25.6 Å². The fourth-order valence-electron chi connectivity index (χ4n) is 3.21. The third kappa shape index (κ3) is 6.91. The number of hydrogen-bond donors (Lipinski definition) is 3. The molecule has 0 heterocycles. The number of thiocarbonyl (C=S) groups is 1. The van der Waals surface area contributed by atoms with Crippen molar-refractivity contribution in [2.75, 3.05) is 13.2 Å². The number of hydrogen-bond acceptors (Lipinski definition) is 5. The van der Waals surface area contributed by atoms with E-state index in [0.29, 0.717) is 11.5 Å². The van der Waals surface area contributed by atoms with Crippen molar-refractivity contribution >= 4 is 55.8 Å². The van der Waals surface area contributed by atoms with E-state index >= 15 is 0 Å². The SMILES string of the molecule is Cc1ccc(C(C)C)c(OCC(=O)NNC(=S)NC(=O)COc2ccc3ccccc3c2Br)c1. The van der Waals surface area contributed by atoms with Gasteiger partial charge in [-0.15, -0.1) is 0 Å². The normalized spacial score (nSPS) is 10.6. The van der Waals surface area contributed by atoms with Crippen molar-refractivity contribution in [1.29, 1.82) is 0 Å². The van der Waals surface area contributed by atoms with Crippen LogP contribution in [0.3, 0.4) is 0 Å². The highest BCUT2D eigenvalue weighted by molar-refractivity contribution is 9.10. The lowest BCUT2D eigenvalue weighted by atomic mass is 10.0. The van der Waals surface area contributed by atoms with E-state index < -0.39 is 11.8 Å². The Morgan fingerprint density at radius 2 is 1.65 bits per heavy atom. The van der Waals surface area contributed by atoms with Crippen molar-refractivity contribution in [2.45, 2.75) is 26.7 Å². The molecule has 0 unspecified atom stereocenters. The Morgan fingerprint density at radius 3 is 2.41 bits per heavy atom. The molecule has 0 aliphatic carbocycles. The van der Waals surface area contributed by atoms with Crippen LogP contribution in [0.5, 0.6) is 11.5 Å². The van der Waals surface area contributed by atoms with Crippen LogP contribution >= 0.6 is 28.1 Å². The Bertz CT molecular complexity index is 1220. The lowest BCUT2D eigenvalue weighted by Crippen LogP contribution is -2.50. The predicted octanol–water partition coefficient (Wildman–Crippen LogP) is 4.51. The molecular formula is C25H26BrN3O4S. The van der Waals surface area contributed by atoms with Crippen molar-refractivity contribution in [3.63, 3.8) is 0 Å². The molecular weight excluding hydrogens is 518 g/mol. The van der Waals surface area contributed by atoms with Gasteiger partial charge in [0.15, 0.2) is 18.3 Å². The van der Waals surface area contributed by atoms with E-state index in [2.05, 4.69) is 45.9 Å². The van der Waals surface area contributed by atoms with Crippen LogP contribution in [0.15, 0.2) is 59.1 Å². The molecule has 3 aromatic rings. The Kier molecular flexibility index (Phi) is 8.84. The number of rotatable bonds is 7. The van der Waals surface area contributed by atoms with Crippen LogP contribution in [-0.4, -0.2) is 30.1 Å². The lowest BCUT2D eigenvalue weighted by molar-refractivity contribution is -0.124. The number of amides is 2. The molecule has 0 bridgehead atoms. The quantitative estimate of drug-likeness (QED) is 0.300. The number of fused-ring (bicyclic) bond motifs is 1. The largest absolute Gasteiger partial charge is 0.483 e. The van der Waals surface area contributed by atoms with E-state index in [-0.39, 0.29) is 24.2 Å². The molecule has 0 aliphatic rings. The summed E-state index contributed by atoms with van der Waals surface area (Å²) in [6, 6.07) is 17.4. The smallest absolute Gasteiger partial charge is 0.276 e. The second-order valence-corrected chi connectivity index (χ2v) is 9.12. The highest BCUT2D eigenvalue weighted by atomic mass is 79.9. The summed E-state index contributed by atoms with van der Waals surface area (Å²) in [7, 11) is 0. The average Bonchev–Trinajstić information content (AvgIpc) is 2.81. The van der Waals surface area contributed by atoms with Gasteiger partial charge >= 0.3 is 0 Å². The van der Waals surface area contributed by atoms with Gasteiger partial charge in [-0.2, -0.15) is 0 Å². The Labute approximate surface area is 212 Å². The molecule has 3 rings (SSSR count). The van der Waals surface area contributed by atoms with Crippen molar-refractivity contribution in [3.8, 4) is 11.5 Å². The first kappa shape index (κ1) is 25.5. The van der Waals surface area contributed by atoms with E-state index in [1.54, 1.807) is 6.07 Å². The molecule has 0 saturated carbocycles. The van der Waals surface area contributed by atoms with E-state index in [0.717, 1.165) is 26.4 Å². The molecule has 0 atom stereocenters. The summed E-state index contributed by atoms with van der Waals surface area (Å²) in [5.74, 6) is 0.554. The average molecular weight is 544 g/mol. The molecule has 0 radical (unpaired) electrons. The number of aryl methyl sites for hydroxylation is 1. The third-order valence-electron chi connectivity index (χ3n) is 4.90. The molecule has 2 amide bonds. The van der Waals surface area contributed by atoms with Gasteiger partial charge < -0.3 is 9.47 Å². The standard InChI is InChI=1S/C25H26BrN3O4S/c1-15(2)18-10-8-16(3)12-21(18)33-14-23(31)28-29-25(34)27-22(30)13-32-20-11-9-17-6-4-5-7-19(17)24(20)26/h4-12,15H,13-14H2,1-3H3,(H,28,31)(H2,27,29,30,34). The van der Waals surface area contributed by atoms with Crippen molar-refractivity contribution in [3.05, 3.63) is 70.2 Å². The maximum absolute atomic E-state index is 12.2. The van der Waals surface area contributed by atoms with Gasteiger partial charge in [-0.1, -0.05) is 56.3 Å². The molecule has 3 N–H and O–H groups in total. The van der Waals surface area contributed by atoms with Gasteiger partial charge in [0.25, 0.3) is 11.8 Å². The molecule has 7 nitrogen and oxygen atoms in total. The summed E-state index contributed by atoms with van der Waals surface area (Å²) in [5, 5.41) is 4.43. The van der Waals surface area contributed by atoms with E-state index in [9.17, 15) is 9.59 Å². The van der Waals surface area contributed by atoms with Gasteiger partial charge in [-0.05, 0) is 75.0 Å². The van der Waals surface area contributed by atoms with Gasteiger partial charge in [0.05, 0.1) is 4.47 Å². The molecule has 3 aromatic carbocycles. The molecule has 0 saturated heterocycles. The van der Waals surface area contributed by atoms with Crippen molar-refractivity contribution in [2.24, 2.45) is 0 Å². The maximum atomic E-state index is 12.2. The highest BCUT2D eigenvalue weighted by Gasteiger charge is 2.12. The van der Waals surface area contributed by atoms with Crippen LogP contribution in [-0.2, 0) is 9.59 Å². The van der Waals surface area contributed by atoms with Crippen LogP contribution in [0.4, 0.5) is 0 Å². The zero-order valence-corrected chi connectivity index (χ0v) is 21.5. The van der Waals surface area contributed by atoms with Crippen LogP contribution in [0.1, 0.15) is 30.9 Å². The Morgan fingerprint density at radius 1 is 0.941 bits per heavy atom. The van der Waals surface area contributed by atoms with Gasteiger partial charge in [-0.3, -0.25) is 25.8 Å². The van der Waals surface area contributed by atoms with Gasteiger partial charge in [0.2, 0.25) is 0 Å². The minimum absolute atomic E-state index is 0.0575. The molecule has 0 fully saturated rings. The minimum Gasteiger partial charge on any atom is -0.483 e. The van der Waals surface area contributed by atoms with E-state index in [1.807, 2.05) is 55.5 Å². The van der Waals surface area contributed by atoms with Crippen LogP contribution in [0.25, 0.3) is 10.8 Å². The maximum Gasteiger partial charge on any atom is 0.276 e. The van der Waals surface area contributed by atoms with E-state index in [1.165, 1.54) is 0 Å². The number of ether oxygens (including phenoxy) is 2. The zero-order chi connectivity index (χ0) is 24.7. The minimum atomic E-state index is -0.468. The summed E-state index contributed by atoms with van der Waals surface area (Å²) in [4.78, 5) is 24.3. The summed E-state index contributed by atoms with van der Waals surface area (Å²) < 4.78 is 12.0. The molecule has 0 spiro atoms. The van der Waals surface area contributed by atoms with Gasteiger partial charge in [0, 0.05) is 0 Å². The summed E-state index contributed by atoms with van der Waals surface area (Å²) >= 11 is 8.57. The Hall–Kier alpha value is -3.17. The summed E-state index contributed by atoms with van der Waals surface area (Å²) in [5.41, 5.74) is 6.96. The fourth-order valence-corrected chi connectivity index (χ4v) is 3.98. The molecule has 0 aliphatic heterocycles. The topological polar surface area (TPSA) is 88.7 Å². The number of benzene rings is 3. The number of hydrazine groups is 1. The zero-order valence-electron chi connectivity index (χ0n) is 19.1. The van der Waals surface area contributed by atoms with Crippen molar-refractivity contribution < 1.29 is 19.1 Å². The number of carbonyl (C=O) groups excluding carboxylic acids is 2. The summed E-state index contributed by atoms with van der Waals surface area (Å²) in [6.07, 6.45) is 0. The van der Waals surface area contributed by atoms with Gasteiger partial charge in [0.1, 0.15) is 11.5 Å². The van der Waals surface area contributed by atoms with Crippen LogP contribution in [0, 0.1) is 6.92 Å². The lowest BCUT2D eigenvalue weighted by Gasteiger charge is -2.15. The molecule has 34 heavy (non-hydrogen) atoms. The number of halogens is 1.